The van der Waals surface area contributed by atoms with Gasteiger partial charge in [0.15, 0.2) is 5.11 Å². The minimum absolute atomic E-state index is 0.00749. The molecule has 184 valence electrons. The Hall–Kier alpha value is -4.21. The molecule has 5 rings (SSSR count). The molecule has 1 aliphatic heterocycles. The Morgan fingerprint density at radius 1 is 0.865 bits per heavy atom. The number of halogens is 1. The number of benzene rings is 3. The fraction of sp³-hybridized carbons (Fsp3) is 0.0357. The van der Waals surface area contributed by atoms with E-state index in [-0.39, 0.29) is 17.3 Å². The minimum atomic E-state index is -0.598. The zero-order valence-corrected chi connectivity index (χ0v) is 21.6. The summed E-state index contributed by atoms with van der Waals surface area (Å²) in [5.74, 6) is 1.70. The maximum Gasteiger partial charge on any atom is 0.270 e. The van der Waals surface area contributed by atoms with Crippen LogP contribution in [0.4, 0.5) is 5.69 Å². The molecule has 1 aromatic heterocycles. The Bertz CT molecular complexity index is 1480. The Labute approximate surface area is 226 Å². The van der Waals surface area contributed by atoms with Gasteiger partial charge in [-0.05, 0) is 91.1 Å². The molecule has 0 radical (unpaired) electrons. The van der Waals surface area contributed by atoms with Crippen molar-refractivity contribution in [3.8, 4) is 17.2 Å². The Morgan fingerprint density at radius 2 is 1.54 bits per heavy atom. The molecule has 0 bridgehead atoms. The third kappa shape index (κ3) is 5.79. The molecule has 0 aliphatic carbocycles. The number of carbonyl (C=O) groups excluding carboxylic acids is 2. The summed E-state index contributed by atoms with van der Waals surface area (Å²) in [6.07, 6.45) is 1.39. The molecule has 0 atom stereocenters. The van der Waals surface area contributed by atoms with Gasteiger partial charge in [-0.15, -0.1) is 0 Å². The van der Waals surface area contributed by atoms with Crippen LogP contribution in [0.3, 0.4) is 0 Å². The lowest BCUT2D eigenvalue weighted by atomic mass is 10.1. The number of ether oxygens (including phenoxy) is 2. The largest absolute Gasteiger partial charge is 0.486 e. The number of para-hydroxylation sites is 1. The lowest BCUT2D eigenvalue weighted by molar-refractivity contribution is -0.122. The smallest absolute Gasteiger partial charge is 0.270 e. The normalized spacial score (nSPS) is 14.6. The highest BCUT2D eigenvalue weighted by atomic mass is 79.9. The zero-order chi connectivity index (χ0) is 25.8. The molecule has 9 heteroatoms. The van der Waals surface area contributed by atoms with Crippen molar-refractivity contribution in [1.29, 1.82) is 0 Å². The molecule has 2 heterocycles. The highest BCUT2D eigenvalue weighted by molar-refractivity contribution is 9.10. The third-order valence-electron chi connectivity index (χ3n) is 5.34. The summed E-state index contributed by atoms with van der Waals surface area (Å²) < 4.78 is 18.2. The number of nitrogens with one attached hydrogen (secondary N) is 1. The van der Waals surface area contributed by atoms with Gasteiger partial charge in [-0.2, -0.15) is 0 Å². The standard InChI is InChI=1S/C28H19BrN2O5S/c29-18-6-10-20(11-7-18)34-17-24-15-14-23(36-24)16-25-26(32)30-28(37)31(27(25)33)19-8-12-22(13-9-19)35-21-4-2-1-3-5-21/h1-16H,17H2,(H,30,32,37). The van der Waals surface area contributed by atoms with Crippen LogP contribution in [0.5, 0.6) is 17.2 Å². The van der Waals surface area contributed by atoms with Crippen LogP contribution >= 0.6 is 28.1 Å². The maximum atomic E-state index is 13.3. The summed E-state index contributed by atoms with van der Waals surface area (Å²) in [5, 5.41) is 2.56. The fourth-order valence-corrected chi connectivity index (χ4v) is 4.10. The van der Waals surface area contributed by atoms with E-state index < -0.39 is 11.8 Å². The highest BCUT2D eigenvalue weighted by Crippen LogP contribution is 2.27. The van der Waals surface area contributed by atoms with Gasteiger partial charge in [-0.1, -0.05) is 34.1 Å². The Kier molecular flexibility index (Phi) is 7.16. The van der Waals surface area contributed by atoms with E-state index in [0.29, 0.717) is 34.5 Å². The number of furan rings is 1. The molecule has 0 unspecified atom stereocenters. The van der Waals surface area contributed by atoms with Crippen LogP contribution in [-0.4, -0.2) is 16.9 Å². The molecule has 1 N–H and O–H groups in total. The summed E-state index contributed by atoms with van der Waals surface area (Å²) in [6, 6.07) is 27.0. The second-order valence-electron chi connectivity index (χ2n) is 7.91. The third-order valence-corrected chi connectivity index (χ3v) is 6.15. The van der Waals surface area contributed by atoms with Crippen molar-refractivity contribution in [3.05, 3.63) is 113 Å². The summed E-state index contributed by atoms with van der Waals surface area (Å²) in [7, 11) is 0. The lowest BCUT2D eigenvalue weighted by Gasteiger charge is -2.28. The van der Waals surface area contributed by atoms with Crippen LogP contribution < -0.4 is 19.7 Å². The number of rotatable bonds is 7. The molecule has 7 nitrogen and oxygen atoms in total. The van der Waals surface area contributed by atoms with Crippen LogP contribution in [-0.2, 0) is 16.2 Å². The van der Waals surface area contributed by atoms with E-state index in [0.717, 1.165) is 4.47 Å². The molecule has 37 heavy (non-hydrogen) atoms. The van der Waals surface area contributed by atoms with E-state index >= 15 is 0 Å². The topological polar surface area (TPSA) is 81.0 Å². The van der Waals surface area contributed by atoms with Crippen molar-refractivity contribution in [2.75, 3.05) is 4.90 Å². The van der Waals surface area contributed by atoms with E-state index in [2.05, 4.69) is 21.2 Å². The monoisotopic (exact) mass is 574 g/mol. The van der Waals surface area contributed by atoms with Gasteiger partial charge in [-0.3, -0.25) is 19.8 Å². The van der Waals surface area contributed by atoms with Gasteiger partial charge >= 0.3 is 0 Å². The van der Waals surface area contributed by atoms with Crippen molar-refractivity contribution in [2.24, 2.45) is 0 Å². The van der Waals surface area contributed by atoms with Crippen molar-refractivity contribution < 1.29 is 23.5 Å². The second-order valence-corrected chi connectivity index (χ2v) is 9.22. The molecular weight excluding hydrogens is 556 g/mol. The number of carbonyl (C=O) groups is 2. The first-order valence-corrected chi connectivity index (χ1v) is 12.4. The van der Waals surface area contributed by atoms with Crippen LogP contribution in [0, 0.1) is 0 Å². The summed E-state index contributed by atoms with van der Waals surface area (Å²) >= 11 is 8.67. The van der Waals surface area contributed by atoms with Crippen LogP contribution in [0.15, 0.2) is 105 Å². The number of thiocarbonyl (C=S) groups is 1. The van der Waals surface area contributed by atoms with Crippen molar-refractivity contribution in [1.82, 2.24) is 5.32 Å². The number of hydrogen-bond donors (Lipinski definition) is 1. The van der Waals surface area contributed by atoms with Crippen LogP contribution in [0.2, 0.25) is 0 Å². The van der Waals surface area contributed by atoms with Gasteiger partial charge in [0.1, 0.15) is 40.9 Å². The minimum Gasteiger partial charge on any atom is -0.486 e. The zero-order valence-electron chi connectivity index (χ0n) is 19.2. The average Bonchev–Trinajstić information content (AvgIpc) is 3.35. The Balaban J connectivity index is 1.30. The van der Waals surface area contributed by atoms with Gasteiger partial charge in [0.25, 0.3) is 11.8 Å². The average molecular weight is 575 g/mol. The first-order valence-electron chi connectivity index (χ1n) is 11.2. The predicted octanol–water partition coefficient (Wildman–Crippen LogP) is 6.24. The molecule has 1 fully saturated rings. The fourth-order valence-electron chi connectivity index (χ4n) is 3.56. The van der Waals surface area contributed by atoms with E-state index in [1.54, 1.807) is 36.4 Å². The second kappa shape index (κ2) is 10.8. The van der Waals surface area contributed by atoms with Crippen molar-refractivity contribution >= 4 is 56.8 Å². The molecular formula is C28H19BrN2O5S. The van der Waals surface area contributed by atoms with E-state index in [1.807, 2.05) is 54.6 Å². The molecule has 1 aliphatic rings. The van der Waals surface area contributed by atoms with E-state index in [9.17, 15) is 9.59 Å². The van der Waals surface area contributed by atoms with E-state index in [1.165, 1.54) is 11.0 Å². The Morgan fingerprint density at radius 3 is 2.27 bits per heavy atom. The molecule has 1 saturated heterocycles. The van der Waals surface area contributed by atoms with Crippen molar-refractivity contribution in [3.63, 3.8) is 0 Å². The molecule has 0 spiro atoms. The number of anilines is 1. The molecule has 3 aromatic carbocycles. The van der Waals surface area contributed by atoms with Crippen molar-refractivity contribution in [2.45, 2.75) is 6.61 Å². The lowest BCUT2D eigenvalue weighted by Crippen LogP contribution is -2.54. The van der Waals surface area contributed by atoms with Crippen LogP contribution in [0.1, 0.15) is 11.5 Å². The van der Waals surface area contributed by atoms with Gasteiger partial charge < -0.3 is 13.9 Å². The first-order chi connectivity index (χ1) is 18.0. The number of amides is 2. The molecule has 4 aromatic rings. The summed E-state index contributed by atoms with van der Waals surface area (Å²) in [6.45, 7) is 0.193. The summed E-state index contributed by atoms with van der Waals surface area (Å²) in [4.78, 5) is 27.1. The van der Waals surface area contributed by atoms with Gasteiger partial charge in [0.05, 0.1) is 5.69 Å². The van der Waals surface area contributed by atoms with Gasteiger partial charge in [-0.25, -0.2) is 0 Å². The van der Waals surface area contributed by atoms with E-state index in [4.69, 9.17) is 26.1 Å². The first kappa shape index (κ1) is 24.5. The molecule has 0 saturated carbocycles. The molecule has 2 amide bonds. The number of hydrogen-bond acceptors (Lipinski definition) is 6. The predicted molar refractivity (Wildman–Crippen MR) is 146 cm³/mol. The number of nitrogens with zero attached hydrogens (tertiary/aromatic N) is 1. The summed E-state index contributed by atoms with van der Waals surface area (Å²) in [5.41, 5.74) is 0.386. The highest BCUT2D eigenvalue weighted by Gasteiger charge is 2.34. The SMILES string of the molecule is O=C1NC(=S)N(c2ccc(Oc3ccccc3)cc2)C(=O)C1=Cc1ccc(COc2ccc(Br)cc2)o1. The maximum absolute atomic E-state index is 13.3. The van der Waals surface area contributed by atoms with Gasteiger partial charge in [0.2, 0.25) is 0 Å². The van der Waals surface area contributed by atoms with Crippen LogP contribution in [0.25, 0.3) is 6.08 Å². The van der Waals surface area contributed by atoms with Gasteiger partial charge in [0, 0.05) is 4.47 Å². The quantitative estimate of drug-likeness (QED) is 0.160.